The van der Waals surface area contributed by atoms with E-state index in [4.69, 9.17) is 4.74 Å². The van der Waals surface area contributed by atoms with Gasteiger partial charge in [0, 0.05) is 13.1 Å². The Kier molecular flexibility index (Phi) is 6.23. The summed E-state index contributed by atoms with van der Waals surface area (Å²) >= 11 is 0. The van der Waals surface area contributed by atoms with Crippen molar-refractivity contribution >= 4 is 5.91 Å². The maximum absolute atomic E-state index is 12.9. The highest BCUT2D eigenvalue weighted by molar-refractivity contribution is 5.80. The summed E-state index contributed by atoms with van der Waals surface area (Å²) < 4.78 is 18.5. The molecule has 1 saturated heterocycles. The lowest BCUT2D eigenvalue weighted by Gasteiger charge is -2.19. The summed E-state index contributed by atoms with van der Waals surface area (Å²) in [6.07, 6.45) is 1.88. The molecule has 0 aliphatic carbocycles. The Morgan fingerprint density at radius 3 is 2.46 bits per heavy atom. The van der Waals surface area contributed by atoms with Crippen molar-refractivity contribution < 1.29 is 13.9 Å². The molecule has 4 nitrogen and oxygen atoms in total. The minimum absolute atomic E-state index is 0.190. The third-order valence-corrected chi connectivity index (χ3v) is 4.66. The van der Waals surface area contributed by atoms with Crippen LogP contribution in [0.15, 0.2) is 48.5 Å². The first-order chi connectivity index (χ1) is 12.6. The Labute approximate surface area is 154 Å². The molecule has 0 radical (unpaired) electrons. The average molecular weight is 356 g/mol. The summed E-state index contributed by atoms with van der Waals surface area (Å²) in [7, 11) is 0. The molecule has 2 aromatic carbocycles. The van der Waals surface area contributed by atoms with Crippen molar-refractivity contribution in [2.75, 3.05) is 13.1 Å². The van der Waals surface area contributed by atoms with Crippen molar-refractivity contribution in [2.45, 2.75) is 39.0 Å². The number of amides is 1. The number of likely N-dealkylation sites (tertiary alicyclic amines) is 1. The zero-order valence-electron chi connectivity index (χ0n) is 15.1. The molecule has 0 aromatic heterocycles. The van der Waals surface area contributed by atoms with E-state index in [0.29, 0.717) is 12.3 Å². The van der Waals surface area contributed by atoms with Gasteiger partial charge in [-0.15, -0.1) is 0 Å². The molecule has 0 spiro atoms. The second-order valence-electron chi connectivity index (χ2n) is 6.68. The Morgan fingerprint density at radius 2 is 1.77 bits per heavy atom. The first-order valence-electron chi connectivity index (χ1n) is 9.11. The molecule has 3 rings (SSSR count). The number of rotatable bonds is 7. The molecule has 2 aromatic rings. The molecule has 138 valence electrons. The molecule has 5 heteroatoms. The minimum Gasteiger partial charge on any atom is -0.481 e. The van der Waals surface area contributed by atoms with E-state index in [1.165, 1.54) is 42.7 Å². The van der Waals surface area contributed by atoms with Gasteiger partial charge in [-0.05, 0) is 68.2 Å². The Hall–Kier alpha value is -2.40. The van der Waals surface area contributed by atoms with Crippen LogP contribution in [0.2, 0.25) is 0 Å². The van der Waals surface area contributed by atoms with Gasteiger partial charge in [0.2, 0.25) is 0 Å². The molecule has 1 unspecified atom stereocenters. The van der Waals surface area contributed by atoms with Gasteiger partial charge in [0.1, 0.15) is 11.6 Å². The fourth-order valence-electron chi connectivity index (χ4n) is 3.16. The van der Waals surface area contributed by atoms with Gasteiger partial charge in [-0.2, -0.15) is 0 Å². The number of ether oxygens (including phenoxy) is 1. The molecule has 1 fully saturated rings. The predicted octanol–water partition coefficient (Wildman–Crippen LogP) is 3.51. The number of nitrogens with zero attached hydrogens (tertiary/aromatic N) is 1. The van der Waals surface area contributed by atoms with E-state index in [9.17, 15) is 9.18 Å². The van der Waals surface area contributed by atoms with Crippen molar-refractivity contribution in [1.82, 2.24) is 10.2 Å². The van der Waals surface area contributed by atoms with Gasteiger partial charge in [0.05, 0.1) is 0 Å². The molecule has 0 bridgehead atoms. The van der Waals surface area contributed by atoms with E-state index in [2.05, 4.69) is 22.3 Å². The molecule has 1 amide bonds. The van der Waals surface area contributed by atoms with E-state index in [1.807, 2.05) is 12.1 Å². The van der Waals surface area contributed by atoms with Crippen molar-refractivity contribution in [1.29, 1.82) is 0 Å². The van der Waals surface area contributed by atoms with Gasteiger partial charge in [-0.3, -0.25) is 9.69 Å². The molecule has 1 heterocycles. The van der Waals surface area contributed by atoms with Crippen LogP contribution in [0.5, 0.6) is 5.75 Å². The van der Waals surface area contributed by atoms with Crippen LogP contribution in [0.25, 0.3) is 0 Å². The largest absolute Gasteiger partial charge is 0.481 e. The highest BCUT2D eigenvalue weighted by Gasteiger charge is 2.16. The van der Waals surface area contributed by atoms with Gasteiger partial charge in [-0.25, -0.2) is 4.39 Å². The molecule has 1 N–H and O–H groups in total. The third kappa shape index (κ3) is 5.05. The Bertz CT molecular complexity index is 727. The second kappa shape index (κ2) is 8.81. The fraction of sp³-hybridized carbons (Fsp3) is 0.381. The molecule has 1 aliphatic rings. The topological polar surface area (TPSA) is 41.6 Å². The van der Waals surface area contributed by atoms with Crippen LogP contribution in [-0.4, -0.2) is 30.0 Å². The summed E-state index contributed by atoms with van der Waals surface area (Å²) in [5.41, 5.74) is 2.38. The number of hydrogen-bond acceptors (Lipinski definition) is 3. The smallest absolute Gasteiger partial charge is 0.261 e. The minimum atomic E-state index is -0.647. The van der Waals surface area contributed by atoms with Gasteiger partial charge in [0.25, 0.3) is 5.91 Å². The SMILES string of the molecule is CC(Oc1ccc(F)cc1)C(=O)NCc1ccccc1CN1CCCC1. The van der Waals surface area contributed by atoms with Crippen molar-refractivity contribution in [3.05, 3.63) is 65.5 Å². The average Bonchev–Trinajstić information content (AvgIpc) is 3.15. The van der Waals surface area contributed by atoms with Crippen molar-refractivity contribution in [3.63, 3.8) is 0 Å². The van der Waals surface area contributed by atoms with Gasteiger partial charge in [-0.1, -0.05) is 24.3 Å². The van der Waals surface area contributed by atoms with Crippen LogP contribution >= 0.6 is 0 Å². The number of carbonyl (C=O) groups excluding carboxylic acids is 1. The van der Waals surface area contributed by atoms with E-state index < -0.39 is 6.10 Å². The summed E-state index contributed by atoms with van der Waals surface area (Å²) in [4.78, 5) is 14.8. The Morgan fingerprint density at radius 1 is 1.12 bits per heavy atom. The number of halogens is 1. The first kappa shape index (κ1) is 18.4. The van der Waals surface area contributed by atoms with Crippen LogP contribution in [0.1, 0.15) is 30.9 Å². The lowest BCUT2D eigenvalue weighted by Crippen LogP contribution is -2.36. The lowest BCUT2D eigenvalue weighted by atomic mass is 10.1. The summed E-state index contributed by atoms with van der Waals surface area (Å²) in [5, 5.41) is 2.94. The summed E-state index contributed by atoms with van der Waals surface area (Å²) in [6, 6.07) is 13.9. The lowest BCUT2D eigenvalue weighted by molar-refractivity contribution is -0.127. The second-order valence-corrected chi connectivity index (χ2v) is 6.68. The molecule has 1 atom stereocenters. The number of carbonyl (C=O) groups is 1. The van der Waals surface area contributed by atoms with Crippen molar-refractivity contribution in [2.24, 2.45) is 0 Å². The first-order valence-corrected chi connectivity index (χ1v) is 9.11. The third-order valence-electron chi connectivity index (χ3n) is 4.66. The van der Waals surface area contributed by atoms with Gasteiger partial charge >= 0.3 is 0 Å². The molecular formula is C21H25FN2O2. The van der Waals surface area contributed by atoms with Crippen LogP contribution in [0, 0.1) is 5.82 Å². The van der Waals surface area contributed by atoms with Gasteiger partial charge in [0.15, 0.2) is 6.10 Å². The molecule has 0 saturated carbocycles. The number of benzene rings is 2. The predicted molar refractivity (Wildman–Crippen MR) is 99.3 cm³/mol. The number of nitrogens with one attached hydrogen (secondary N) is 1. The van der Waals surface area contributed by atoms with Crippen molar-refractivity contribution in [3.8, 4) is 5.75 Å². The van der Waals surface area contributed by atoms with Gasteiger partial charge < -0.3 is 10.1 Å². The van der Waals surface area contributed by atoms with E-state index >= 15 is 0 Å². The monoisotopic (exact) mass is 356 g/mol. The van der Waals surface area contributed by atoms with E-state index in [-0.39, 0.29) is 11.7 Å². The molecular weight excluding hydrogens is 331 g/mol. The zero-order valence-corrected chi connectivity index (χ0v) is 15.1. The normalized spacial score (nSPS) is 15.6. The highest BCUT2D eigenvalue weighted by Crippen LogP contribution is 2.16. The Balaban J connectivity index is 1.54. The van der Waals surface area contributed by atoms with Crippen LogP contribution < -0.4 is 10.1 Å². The maximum atomic E-state index is 12.9. The quantitative estimate of drug-likeness (QED) is 0.825. The molecule has 26 heavy (non-hydrogen) atoms. The molecule has 1 aliphatic heterocycles. The van der Waals surface area contributed by atoms with Crippen LogP contribution in [0.4, 0.5) is 4.39 Å². The fourth-order valence-corrected chi connectivity index (χ4v) is 3.16. The summed E-state index contributed by atoms with van der Waals surface area (Å²) in [5.74, 6) is -0.0437. The number of hydrogen-bond donors (Lipinski definition) is 1. The maximum Gasteiger partial charge on any atom is 0.261 e. The van der Waals surface area contributed by atoms with E-state index in [0.717, 1.165) is 25.2 Å². The highest BCUT2D eigenvalue weighted by atomic mass is 19.1. The summed E-state index contributed by atoms with van der Waals surface area (Å²) in [6.45, 7) is 5.37. The zero-order chi connectivity index (χ0) is 18.4. The van der Waals surface area contributed by atoms with E-state index in [1.54, 1.807) is 6.92 Å². The standard InChI is InChI=1S/C21H25FN2O2/c1-16(26-20-10-8-19(22)9-11-20)21(25)23-14-17-6-2-3-7-18(17)15-24-12-4-5-13-24/h2-3,6-11,16H,4-5,12-15H2,1H3,(H,23,25). The van der Waals surface area contributed by atoms with Crippen LogP contribution in [0.3, 0.4) is 0 Å². The van der Waals surface area contributed by atoms with Crippen LogP contribution in [-0.2, 0) is 17.9 Å².